The molecule has 0 aliphatic heterocycles. The predicted octanol–water partition coefficient (Wildman–Crippen LogP) is 3.23. The molecule has 0 radical (unpaired) electrons. The Morgan fingerprint density at radius 2 is 1.79 bits per heavy atom. The summed E-state index contributed by atoms with van der Waals surface area (Å²) >= 11 is 0. The van der Waals surface area contributed by atoms with E-state index in [4.69, 9.17) is 5.73 Å². The van der Waals surface area contributed by atoms with E-state index in [0.29, 0.717) is 12.5 Å². The molecule has 2 rings (SSSR count). The predicted molar refractivity (Wildman–Crippen MR) is 81.3 cm³/mol. The number of guanidine groups is 1. The van der Waals surface area contributed by atoms with Gasteiger partial charge in [-0.2, -0.15) is 0 Å². The van der Waals surface area contributed by atoms with E-state index in [0.717, 1.165) is 11.3 Å². The molecule has 3 N–H and O–H groups in total. The van der Waals surface area contributed by atoms with Crippen molar-refractivity contribution in [2.24, 2.45) is 10.7 Å². The number of nitrogens with zero attached hydrogens (tertiary/aromatic N) is 1. The molecular weight excluding hydrogens is 234 g/mol. The summed E-state index contributed by atoms with van der Waals surface area (Å²) in [6.07, 6.45) is 0. The number of hydrogen-bond acceptors (Lipinski definition) is 1. The topological polar surface area (TPSA) is 50.4 Å². The summed E-state index contributed by atoms with van der Waals surface area (Å²) in [6.45, 7) is 4.76. The minimum Gasteiger partial charge on any atom is -0.370 e. The van der Waals surface area contributed by atoms with Gasteiger partial charge in [0.2, 0.25) is 0 Å². The van der Waals surface area contributed by atoms with Crippen molar-refractivity contribution in [3.63, 3.8) is 0 Å². The zero-order valence-electron chi connectivity index (χ0n) is 11.4. The van der Waals surface area contributed by atoms with Crippen LogP contribution in [0.15, 0.2) is 53.5 Å². The molecule has 0 saturated heterocycles. The second-order valence-corrected chi connectivity index (χ2v) is 4.61. The van der Waals surface area contributed by atoms with Crippen LogP contribution in [0.3, 0.4) is 0 Å². The smallest absolute Gasteiger partial charge is 0.193 e. The Labute approximate surface area is 114 Å². The van der Waals surface area contributed by atoms with Gasteiger partial charge in [0.1, 0.15) is 0 Å². The van der Waals surface area contributed by atoms with Crippen LogP contribution in [0.4, 0.5) is 5.69 Å². The second kappa shape index (κ2) is 6.05. The summed E-state index contributed by atoms with van der Waals surface area (Å²) in [5.74, 6) is 0.437. The van der Waals surface area contributed by atoms with Crippen LogP contribution in [-0.4, -0.2) is 5.96 Å². The quantitative estimate of drug-likeness (QED) is 0.651. The molecule has 0 aliphatic carbocycles. The molecule has 0 amide bonds. The molecule has 0 atom stereocenters. The van der Waals surface area contributed by atoms with E-state index in [2.05, 4.69) is 36.3 Å². The zero-order valence-corrected chi connectivity index (χ0v) is 11.4. The van der Waals surface area contributed by atoms with Crippen LogP contribution in [0.1, 0.15) is 16.7 Å². The molecule has 0 spiro atoms. The lowest BCUT2D eigenvalue weighted by Gasteiger charge is -2.08. The largest absolute Gasteiger partial charge is 0.370 e. The van der Waals surface area contributed by atoms with Crippen LogP contribution in [0, 0.1) is 13.8 Å². The maximum atomic E-state index is 5.88. The lowest BCUT2D eigenvalue weighted by molar-refractivity contribution is 1.06. The average molecular weight is 253 g/mol. The fraction of sp³-hybridized carbons (Fsp3) is 0.188. The van der Waals surface area contributed by atoms with E-state index in [1.165, 1.54) is 11.1 Å². The summed E-state index contributed by atoms with van der Waals surface area (Å²) < 4.78 is 0. The van der Waals surface area contributed by atoms with Gasteiger partial charge >= 0.3 is 0 Å². The van der Waals surface area contributed by atoms with Gasteiger partial charge in [0.05, 0.1) is 6.54 Å². The first-order valence-corrected chi connectivity index (χ1v) is 6.33. The molecule has 3 nitrogen and oxygen atoms in total. The fourth-order valence-corrected chi connectivity index (χ4v) is 1.77. The van der Waals surface area contributed by atoms with Crippen molar-refractivity contribution < 1.29 is 0 Å². The molecule has 0 saturated carbocycles. The number of rotatable bonds is 3. The first-order chi connectivity index (χ1) is 9.15. The van der Waals surface area contributed by atoms with Crippen LogP contribution in [0.5, 0.6) is 0 Å². The summed E-state index contributed by atoms with van der Waals surface area (Å²) in [4.78, 5) is 4.33. The molecule has 98 valence electrons. The Hall–Kier alpha value is -2.29. The second-order valence-electron chi connectivity index (χ2n) is 4.61. The molecule has 3 heteroatoms. The summed E-state index contributed by atoms with van der Waals surface area (Å²) in [6, 6.07) is 16.2. The van der Waals surface area contributed by atoms with Gasteiger partial charge in [-0.15, -0.1) is 0 Å². The van der Waals surface area contributed by atoms with Gasteiger partial charge < -0.3 is 11.1 Å². The lowest BCUT2D eigenvalue weighted by atomic mass is 10.1. The van der Waals surface area contributed by atoms with Gasteiger partial charge in [0, 0.05) is 5.69 Å². The van der Waals surface area contributed by atoms with Crippen LogP contribution < -0.4 is 11.1 Å². The first kappa shape index (κ1) is 13.1. The maximum Gasteiger partial charge on any atom is 0.193 e. The van der Waals surface area contributed by atoms with E-state index in [9.17, 15) is 0 Å². The van der Waals surface area contributed by atoms with Crippen molar-refractivity contribution in [3.8, 4) is 0 Å². The van der Waals surface area contributed by atoms with Gasteiger partial charge in [0.25, 0.3) is 0 Å². The highest BCUT2D eigenvalue weighted by atomic mass is 15.1. The fourth-order valence-electron chi connectivity index (χ4n) is 1.77. The summed E-state index contributed by atoms with van der Waals surface area (Å²) in [5, 5.41) is 3.11. The van der Waals surface area contributed by atoms with Gasteiger partial charge in [0.15, 0.2) is 5.96 Å². The highest BCUT2D eigenvalue weighted by Crippen LogP contribution is 2.13. The third-order valence-electron chi connectivity index (χ3n) is 3.05. The summed E-state index contributed by atoms with van der Waals surface area (Å²) in [7, 11) is 0. The highest BCUT2D eigenvalue weighted by molar-refractivity contribution is 5.92. The molecule has 0 heterocycles. The van der Waals surface area contributed by atoms with Crippen molar-refractivity contribution >= 4 is 11.6 Å². The standard InChI is InChI=1S/C16H19N3/c1-12-8-9-15(10-13(12)2)19-16(17)18-11-14-6-4-3-5-7-14/h3-10H,11H2,1-2H3,(H3,17,18,19). The Kier molecular flexibility index (Phi) is 4.18. The van der Waals surface area contributed by atoms with Crippen molar-refractivity contribution in [2.75, 3.05) is 5.32 Å². The van der Waals surface area contributed by atoms with Crippen LogP contribution in [-0.2, 0) is 6.54 Å². The average Bonchev–Trinajstić information content (AvgIpc) is 2.42. The van der Waals surface area contributed by atoms with Gasteiger partial charge in [-0.1, -0.05) is 36.4 Å². The van der Waals surface area contributed by atoms with Crippen LogP contribution >= 0.6 is 0 Å². The van der Waals surface area contributed by atoms with Crippen molar-refractivity contribution in [3.05, 3.63) is 65.2 Å². The highest BCUT2D eigenvalue weighted by Gasteiger charge is 1.98. The third kappa shape index (κ3) is 3.85. The number of nitrogens with two attached hydrogens (primary N) is 1. The van der Waals surface area contributed by atoms with E-state index < -0.39 is 0 Å². The minimum absolute atomic E-state index is 0.437. The van der Waals surface area contributed by atoms with E-state index >= 15 is 0 Å². The molecule has 0 aromatic heterocycles. The summed E-state index contributed by atoms with van der Waals surface area (Å²) in [5.41, 5.74) is 10.5. The first-order valence-electron chi connectivity index (χ1n) is 6.33. The lowest BCUT2D eigenvalue weighted by Crippen LogP contribution is -2.22. The molecule has 0 aliphatic rings. The Bertz CT molecular complexity index is 574. The molecular formula is C16H19N3. The van der Waals surface area contributed by atoms with Gasteiger partial charge in [-0.25, -0.2) is 4.99 Å². The molecule has 0 bridgehead atoms. The zero-order chi connectivity index (χ0) is 13.7. The maximum absolute atomic E-state index is 5.88. The van der Waals surface area contributed by atoms with Crippen LogP contribution in [0.2, 0.25) is 0 Å². The van der Waals surface area contributed by atoms with E-state index in [-0.39, 0.29) is 0 Å². The SMILES string of the molecule is Cc1ccc(NC(N)=NCc2ccccc2)cc1C. The number of benzene rings is 2. The molecule has 19 heavy (non-hydrogen) atoms. The number of anilines is 1. The minimum atomic E-state index is 0.437. The molecule has 0 unspecified atom stereocenters. The van der Waals surface area contributed by atoms with Crippen molar-refractivity contribution in [2.45, 2.75) is 20.4 Å². The number of hydrogen-bond donors (Lipinski definition) is 2. The molecule has 2 aromatic rings. The Morgan fingerprint density at radius 1 is 1.05 bits per heavy atom. The normalized spacial score (nSPS) is 11.4. The van der Waals surface area contributed by atoms with Crippen LogP contribution in [0.25, 0.3) is 0 Å². The van der Waals surface area contributed by atoms with E-state index in [1.54, 1.807) is 0 Å². The Balaban J connectivity index is 2.00. The van der Waals surface area contributed by atoms with Crippen molar-refractivity contribution in [1.29, 1.82) is 0 Å². The van der Waals surface area contributed by atoms with Gasteiger partial charge in [-0.3, -0.25) is 0 Å². The number of aliphatic imine (C=N–C) groups is 1. The third-order valence-corrected chi connectivity index (χ3v) is 3.05. The van der Waals surface area contributed by atoms with E-state index in [1.807, 2.05) is 36.4 Å². The Morgan fingerprint density at radius 3 is 2.47 bits per heavy atom. The molecule has 2 aromatic carbocycles. The van der Waals surface area contributed by atoms with Crippen molar-refractivity contribution in [1.82, 2.24) is 0 Å². The monoisotopic (exact) mass is 253 g/mol. The number of nitrogens with one attached hydrogen (secondary N) is 1. The van der Waals surface area contributed by atoms with Gasteiger partial charge in [-0.05, 0) is 42.7 Å². The number of aryl methyl sites for hydroxylation is 2. The molecule has 0 fully saturated rings.